The molecule has 1 aliphatic rings. The molecule has 0 bridgehead atoms. The number of H-pyrrole nitrogens is 1. The van der Waals surface area contributed by atoms with Crippen LogP contribution in [0.1, 0.15) is 30.5 Å². The van der Waals surface area contributed by atoms with Crippen LogP contribution in [0.25, 0.3) is 5.57 Å². The van der Waals surface area contributed by atoms with Crippen molar-refractivity contribution in [2.45, 2.75) is 25.8 Å². The molecule has 1 aromatic heterocycles. The molecular weight excluding hydrogens is 200 g/mol. The summed E-state index contributed by atoms with van der Waals surface area (Å²) in [5.41, 5.74) is 9.38. The molecule has 0 aromatic carbocycles. The Hall–Kier alpha value is -1.13. The third kappa shape index (κ3) is 2.51. The van der Waals surface area contributed by atoms with E-state index in [1.165, 1.54) is 30.4 Å². The fourth-order valence-corrected chi connectivity index (χ4v) is 2.19. The average molecular weight is 220 g/mol. The number of nitrogens with one attached hydrogen (secondary N) is 1. The molecule has 0 amide bonds. The molecule has 4 heteroatoms. The van der Waals surface area contributed by atoms with Crippen LogP contribution in [0, 0.1) is 0 Å². The summed E-state index contributed by atoms with van der Waals surface area (Å²) in [6.45, 7) is 2.54. The third-order valence-electron chi connectivity index (χ3n) is 3.02. The Kier molecular flexibility index (Phi) is 3.74. The molecule has 16 heavy (non-hydrogen) atoms. The zero-order valence-electron chi connectivity index (χ0n) is 9.87. The third-order valence-corrected chi connectivity index (χ3v) is 3.02. The van der Waals surface area contributed by atoms with E-state index in [1.807, 2.05) is 6.20 Å². The molecule has 0 saturated heterocycles. The summed E-state index contributed by atoms with van der Waals surface area (Å²) >= 11 is 0. The maximum atomic E-state index is 5.54. The van der Waals surface area contributed by atoms with E-state index in [-0.39, 0.29) is 0 Å². The highest BCUT2D eigenvalue weighted by atomic mass is 15.1. The number of likely N-dealkylation sites (N-methyl/N-ethyl adjacent to an activating group) is 1. The predicted molar refractivity (Wildman–Crippen MR) is 65.8 cm³/mol. The molecule has 0 saturated carbocycles. The number of aromatic amines is 1. The van der Waals surface area contributed by atoms with E-state index < -0.39 is 0 Å². The molecule has 0 fully saturated rings. The molecule has 1 aromatic rings. The fourth-order valence-electron chi connectivity index (χ4n) is 2.19. The van der Waals surface area contributed by atoms with Gasteiger partial charge in [-0.15, -0.1) is 0 Å². The quantitative estimate of drug-likeness (QED) is 0.788. The number of hydrogen-bond acceptors (Lipinski definition) is 3. The van der Waals surface area contributed by atoms with Crippen molar-refractivity contribution in [1.82, 2.24) is 15.1 Å². The van der Waals surface area contributed by atoms with Crippen molar-refractivity contribution in [3.63, 3.8) is 0 Å². The summed E-state index contributed by atoms with van der Waals surface area (Å²) in [6.07, 6.45) is 7.93. The van der Waals surface area contributed by atoms with E-state index >= 15 is 0 Å². The van der Waals surface area contributed by atoms with Crippen molar-refractivity contribution in [3.05, 3.63) is 23.5 Å². The predicted octanol–water partition coefficient (Wildman–Crippen LogP) is 1.37. The Balaban J connectivity index is 2.07. The van der Waals surface area contributed by atoms with Gasteiger partial charge < -0.3 is 10.6 Å². The van der Waals surface area contributed by atoms with Gasteiger partial charge in [0, 0.05) is 31.4 Å². The number of aromatic nitrogens is 2. The SMILES string of the molecule is CN(CCN)Cc1c[nH]nc1C1=CCCC1. The Morgan fingerprint density at radius 3 is 3.12 bits per heavy atom. The van der Waals surface area contributed by atoms with Crippen LogP contribution >= 0.6 is 0 Å². The number of hydrogen-bond donors (Lipinski definition) is 2. The second-order valence-corrected chi connectivity index (χ2v) is 4.41. The molecule has 0 unspecified atom stereocenters. The van der Waals surface area contributed by atoms with Crippen molar-refractivity contribution < 1.29 is 0 Å². The lowest BCUT2D eigenvalue weighted by Gasteiger charge is -2.15. The van der Waals surface area contributed by atoms with E-state index in [1.54, 1.807) is 0 Å². The zero-order valence-corrected chi connectivity index (χ0v) is 9.87. The van der Waals surface area contributed by atoms with Crippen LogP contribution in [0.3, 0.4) is 0 Å². The van der Waals surface area contributed by atoms with Gasteiger partial charge in [-0.05, 0) is 31.9 Å². The minimum Gasteiger partial charge on any atom is -0.329 e. The fraction of sp³-hybridized carbons (Fsp3) is 0.583. The lowest BCUT2D eigenvalue weighted by Crippen LogP contribution is -2.25. The molecule has 0 spiro atoms. The Morgan fingerprint density at radius 1 is 1.56 bits per heavy atom. The average Bonchev–Trinajstić information content (AvgIpc) is 2.86. The first-order chi connectivity index (χ1) is 7.81. The van der Waals surface area contributed by atoms with E-state index in [0.717, 1.165) is 18.8 Å². The first-order valence-electron chi connectivity index (χ1n) is 5.92. The van der Waals surface area contributed by atoms with Gasteiger partial charge >= 0.3 is 0 Å². The Morgan fingerprint density at radius 2 is 2.44 bits per heavy atom. The molecular formula is C12H20N4. The maximum absolute atomic E-state index is 5.54. The monoisotopic (exact) mass is 220 g/mol. The summed E-state index contributed by atoms with van der Waals surface area (Å²) < 4.78 is 0. The van der Waals surface area contributed by atoms with E-state index in [4.69, 9.17) is 5.73 Å². The summed E-state index contributed by atoms with van der Waals surface area (Å²) in [4.78, 5) is 2.23. The van der Waals surface area contributed by atoms with Crippen molar-refractivity contribution >= 4 is 5.57 Å². The molecule has 3 N–H and O–H groups in total. The smallest absolute Gasteiger partial charge is 0.0922 e. The standard InChI is InChI=1S/C12H20N4/c1-16(7-6-13)9-11-8-14-15-12(11)10-4-2-3-5-10/h4,8H,2-3,5-7,9,13H2,1H3,(H,14,15). The largest absolute Gasteiger partial charge is 0.329 e. The minimum absolute atomic E-state index is 0.701. The topological polar surface area (TPSA) is 57.9 Å². The molecule has 0 atom stereocenters. The molecule has 0 radical (unpaired) electrons. The van der Waals surface area contributed by atoms with Crippen LogP contribution in [-0.4, -0.2) is 35.2 Å². The van der Waals surface area contributed by atoms with Gasteiger partial charge in [-0.25, -0.2) is 0 Å². The molecule has 2 rings (SSSR count). The van der Waals surface area contributed by atoms with Crippen LogP contribution < -0.4 is 5.73 Å². The van der Waals surface area contributed by atoms with Gasteiger partial charge in [0.05, 0.1) is 5.69 Å². The maximum Gasteiger partial charge on any atom is 0.0922 e. The summed E-state index contributed by atoms with van der Waals surface area (Å²) in [6, 6.07) is 0. The van der Waals surface area contributed by atoms with Crippen LogP contribution in [0.2, 0.25) is 0 Å². The first kappa shape index (κ1) is 11.4. The highest BCUT2D eigenvalue weighted by Gasteiger charge is 2.14. The van der Waals surface area contributed by atoms with Crippen LogP contribution in [0.15, 0.2) is 12.3 Å². The van der Waals surface area contributed by atoms with Gasteiger partial charge in [-0.3, -0.25) is 5.10 Å². The van der Waals surface area contributed by atoms with Crippen LogP contribution in [0.4, 0.5) is 0 Å². The van der Waals surface area contributed by atoms with Gasteiger partial charge in [-0.2, -0.15) is 5.10 Å². The van der Waals surface area contributed by atoms with Crippen molar-refractivity contribution in [1.29, 1.82) is 0 Å². The van der Waals surface area contributed by atoms with Gasteiger partial charge in [0.1, 0.15) is 0 Å². The van der Waals surface area contributed by atoms with E-state index in [9.17, 15) is 0 Å². The number of nitrogens with zero attached hydrogens (tertiary/aromatic N) is 2. The first-order valence-corrected chi connectivity index (χ1v) is 5.92. The van der Waals surface area contributed by atoms with Gasteiger partial charge in [0.25, 0.3) is 0 Å². The van der Waals surface area contributed by atoms with Crippen molar-refractivity contribution in [2.24, 2.45) is 5.73 Å². The summed E-state index contributed by atoms with van der Waals surface area (Å²) in [5.74, 6) is 0. The highest BCUT2D eigenvalue weighted by Crippen LogP contribution is 2.28. The van der Waals surface area contributed by atoms with Gasteiger partial charge in [0.2, 0.25) is 0 Å². The minimum atomic E-state index is 0.701. The Bertz CT molecular complexity index is 367. The molecule has 1 heterocycles. The molecule has 4 nitrogen and oxygen atoms in total. The van der Waals surface area contributed by atoms with Gasteiger partial charge in [-0.1, -0.05) is 6.08 Å². The normalized spacial score (nSPS) is 15.8. The number of rotatable bonds is 5. The van der Waals surface area contributed by atoms with Gasteiger partial charge in [0.15, 0.2) is 0 Å². The molecule has 0 aliphatic heterocycles. The number of nitrogens with two attached hydrogens (primary N) is 1. The summed E-state index contributed by atoms with van der Waals surface area (Å²) in [7, 11) is 2.09. The van der Waals surface area contributed by atoms with Crippen LogP contribution in [-0.2, 0) is 6.54 Å². The lowest BCUT2D eigenvalue weighted by atomic mass is 10.1. The summed E-state index contributed by atoms with van der Waals surface area (Å²) in [5, 5.41) is 7.33. The second-order valence-electron chi connectivity index (χ2n) is 4.41. The van der Waals surface area contributed by atoms with Crippen molar-refractivity contribution in [3.8, 4) is 0 Å². The Labute approximate surface area is 96.5 Å². The van der Waals surface area contributed by atoms with Crippen molar-refractivity contribution in [2.75, 3.05) is 20.1 Å². The zero-order chi connectivity index (χ0) is 11.4. The van der Waals surface area contributed by atoms with E-state index in [0.29, 0.717) is 6.54 Å². The number of allylic oxidation sites excluding steroid dienone is 2. The van der Waals surface area contributed by atoms with E-state index in [2.05, 4.69) is 28.2 Å². The van der Waals surface area contributed by atoms with Crippen LogP contribution in [0.5, 0.6) is 0 Å². The lowest BCUT2D eigenvalue weighted by molar-refractivity contribution is 0.336. The molecule has 88 valence electrons. The molecule has 1 aliphatic carbocycles. The second kappa shape index (κ2) is 5.27. The highest BCUT2D eigenvalue weighted by molar-refractivity contribution is 5.66.